The number of halogens is 1. The topological polar surface area (TPSA) is 90.9 Å². The van der Waals surface area contributed by atoms with Crippen molar-refractivity contribution >= 4 is 49.6 Å². The molecular formula is C27H20BrNO6S. The summed E-state index contributed by atoms with van der Waals surface area (Å²) in [4.78, 5) is 27.5. The van der Waals surface area contributed by atoms with Crippen LogP contribution in [0.25, 0.3) is 21.9 Å². The maximum Gasteiger partial charge on any atom is 0.354 e. The summed E-state index contributed by atoms with van der Waals surface area (Å²) < 4.78 is 18.9. The molecule has 0 unspecified atom stereocenters. The first kappa shape index (κ1) is 24.0. The quantitative estimate of drug-likeness (QED) is 0.260. The van der Waals surface area contributed by atoms with Crippen LogP contribution in [0.1, 0.15) is 5.56 Å². The number of benzene rings is 3. The number of aromatic hydroxyl groups is 1. The summed E-state index contributed by atoms with van der Waals surface area (Å²) in [5.74, 6) is 0.737. The summed E-state index contributed by atoms with van der Waals surface area (Å²) in [5, 5.41) is 11.7. The molecule has 3 aromatic carbocycles. The molecule has 0 fully saturated rings. The van der Waals surface area contributed by atoms with Crippen LogP contribution in [0.2, 0.25) is 0 Å². The number of aromatic nitrogens is 1. The molecule has 0 aliphatic rings. The second kappa shape index (κ2) is 9.75. The van der Waals surface area contributed by atoms with Gasteiger partial charge in [-0.25, -0.2) is 4.79 Å². The molecule has 7 nitrogen and oxygen atoms in total. The van der Waals surface area contributed by atoms with Gasteiger partial charge in [-0.3, -0.25) is 4.79 Å². The van der Waals surface area contributed by atoms with Gasteiger partial charge < -0.3 is 23.6 Å². The standard InChI is InChI=1S/C27H20BrNO6S/c1-33-17-10-11-19-20(13-17)29(14-15-6-3-4-9-21(15)34-2)26(31)22-23(30)25(27(32)35-24(19)22)36-18-8-5-7-16(28)12-18/h3-13,30H,14H2,1-2H3. The van der Waals surface area contributed by atoms with Crippen molar-refractivity contribution < 1.29 is 19.0 Å². The van der Waals surface area contributed by atoms with E-state index >= 15 is 0 Å². The Balaban J connectivity index is 1.81. The molecule has 2 aromatic heterocycles. The SMILES string of the molecule is COc1ccc2c3oc(=O)c(Sc4cccc(Br)c4)c(O)c3c(=O)n(Cc3ccccc3OC)c2c1. The van der Waals surface area contributed by atoms with Crippen LogP contribution in [0.15, 0.2) is 95.0 Å². The van der Waals surface area contributed by atoms with Crippen molar-refractivity contribution in [3.8, 4) is 17.2 Å². The highest BCUT2D eigenvalue weighted by molar-refractivity contribution is 9.10. The van der Waals surface area contributed by atoms with Gasteiger partial charge in [-0.1, -0.05) is 52.0 Å². The van der Waals surface area contributed by atoms with E-state index in [1.165, 1.54) is 11.7 Å². The Morgan fingerprint density at radius 1 is 1.00 bits per heavy atom. The van der Waals surface area contributed by atoms with Gasteiger partial charge in [0.25, 0.3) is 5.56 Å². The Labute approximate surface area is 218 Å². The van der Waals surface area contributed by atoms with Gasteiger partial charge in [0.15, 0.2) is 11.3 Å². The average molecular weight is 566 g/mol. The third-order valence-electron chi connectivity index (χ3n) is 5.80. The molecule has 0 aliphatic heterocycles. The summed E-state index contributed by atoms with van der Waals surface area (Å²) in [6, 6.07) is 19.8. The predicted molar refractivity (Wildman–Crippen MR) is 143 cm³/mol. The van der Waals surface area contributed by atoms with Crippen LogP contribution < -0.4 is 20.7 Å². The Hall–Kier alpha value is -3.69. The molecule has 2 heterocycles. The fourth-order valence-corrected chi connectivity index (χ4v) is 5.54. The third-order valence-corrected chi connectivity index (χ3v) is 7.34. The van der Waals surface area contributed by atoms with Crippen LogP contribution in [0, 0.1) is 0 Å². The Bertz CT molecular complexity index is 1740. The van der Waals surface area contributed by atoms with Gasteiger partial charge in [0.05, 0.1) is 26.3 Å². The minimum absolute atomic E-state index is 0.0232. The van der Waals surface area contributed by atoms with Gasteiger partial charge in [-0.2, -0.15) is 0 Å². The molecule has 0 aliphatic carbocycles. The van der Waals surface area contributed by atoms with E-state index in [1.807, 2.05) is 36.4 Å². The van der Waals surface area contributed by atoms with Crippen molar-refractivity contribution in [2.45, 2.75) is 16.3 Å². The van der Waals surface area contributed by atoms with Gasteiger partial charge in [0.1, 0.15) is 21.8 Å². The van der Waals surface area contributed by atoms with Crippen LogP contribution in [0.4, 0.5) is 0 Å². The smallest absolute Gasteiger partial charge is 0.354 e. The molecule has 0 bridgehead atoms. The summed E-state index contributed by atoms with van der Waals surface area (Å²) in [6.07, 6.45) is 0. The first-order valence-electron chi connectivity index (χ1n) is 10.9. The van der Waals surface area contributed by atoms with Crippen LogP contribution in [0.5, 0.6) is 17.2 Å². The molecule has 0 radical (unpaired) electrons. The molecule has 0 saturated carbocycles. The number of nitrogens with zero attached hydrogens (tertiary/aromatic N) is 1. The highest BCUT2D eigenvalue weighted by Gasteiger charge is 2.23. The maximum absolute atomic E-state index is 13.9. The van der Waals surface area contributed by atoms with Crippen molar-refractivity contribution in [2.24, 2.45) is 0 Å². The van der Waals surface area contributed by atoms with Gasteiger partial charge in [-0.05, 0) is 36.4 Å². The number of rotatable bonds is 6. The zero-order valence-electron chi connectivity index (χ0n) is 19.3. The molecule has 0 saturated heterocycles. The second-order valence-electron chi connectivity index (χ2n) is 7.92. The van der Waals surface area contributed by atoms with Crippen LogP contribution in [-0.4, -0.2) is 23.9 Å². The zero-order chi connectivity index (χ0) is 25.4. The van der Waals surface area contributed by atoms with E-state index in [-0.39, 0.29) is 22.4 Å². The molecule has 182 valence electrons. The lowest BCUT2D eigenvalue weighted by Gasteiger charge is -2.16. The first-order chi connectivity index (χ1) is 17.4. The van der Waals surface area contributed by atoms with E-state index < -0.39 is 16.9 Å². The number of pyridine rings is 1. The zero-order valence-corrected chi connectivity index (χ0v) is 21.7. The average Bonchev–Trinajstić information content (AvgIpc) is 2.88. The predicted octanol–water partition coefficient (Wildman–Crippen LogP) is 5.79. The molecule has 9 heteroatoms. The van der Waals surface area contributed by atoms with Gasteiger partial charge in [0, 0.05) is 26.4 Å². The van der Waals surface area contributed by atoms with Gasteiger partial charge >= 0.3 is 5.63 Å². The van der Waals surface area contributed by atoms with Crippen molar-refractivity contribution in [3.63, 3.8) is 0 Å². The van der Waals surface area contributed by atoms with Crippen molar-refractivity contribution in [3.05, 3.63) is 97.5 Å². The van der Waals surface area contributed by atoms with Crippen molar-refractivity contribution in [1.29, 1.82) is 0 Å². The van der Waals surface area contributed by atoms with Gasteiger partial charge in [-0.15, -0.1) is 0 Å². The number of para-hydroxylation sites is 1. The molecule has 0 spiro atoms. The van der Waals surface area contributed by atoms with E-state index in [0.29, 0.717) is 27.3 Å². The second-order valence-corrected chi connectivity index (χ2v) is 9.92. The highest BCUT2D eigenvalue weighted by atomic mass is 79.9. The Morgan fingerprint density at radius 3 is 2.56 bits per heavy atom. The van der Waals surface area contributed by atoms with Crippen LogP contribution in [0.3, 0.4) is 0 Å². The fourth-order valence-electron chi connectivity index (χ4n) is 4.09. The molecule has 5 aromatic rings. The number of hydrogen-bond donors (Lipinski definition) is 1. The van der Waals surface area contributed by atoms with E-state index in [4.69, 9.17) is 13.9 Å². The molecule has 0 amide bonds. The number of fused-ring (bicyclic) bond motifs is 3. The van der Waals surface area contributed by atoms with Gasteiger partial charge in [0.2, 0.25) is 0 Å². The minimum atomic E-state index is -0.732. The molecule has 0 atom stereocenters. The van der Waals surface area contributed by atoms with Crippen LogP contribution >= 0.6 is 27.7 Å². The third kappa shape index (κ3) is 4.25. The van der Waals surface area contributed by atoms with E-state index in [0.717, 1.165) is 21.8 Å². The molecule has 5 rings (SSSR count). The maximum atomic E-state index is 13.9. The number of ether oxygens (including phenoxy) is 2. The van der Waals surface area contributed by atoms with E-state index in [1.54, 1.807) is 37.4 Å². The summed E-state index contributed by atoms with van der Waals surface area (Å²) >= 11 is 4.44. The molecule has 1 N–H and O–H groups in total. The van der Waals surface area contributed by atoms with Crippen molar-refractivity contribution in [2.75, 3.05) is 14.2 Å². The molecular weight excluding hydrogens is 546 g/mol. The number of hydrogen-bond acceptors (Lipinski definition) is 7. The van der Waals surface area contributed by atoms with E-state index in [2.05, 4.69) is 15.9 Å². The fraction of sp³-hybridized carbons (Fsp3) is 0.111. The summed E-state index contributed by atoms with van der Waals surface area (Å²) in [5.41, 5.74) is 0.0480. The molecule has 36 heavy (non-hydrogen) atoms. The van der Waals surface area contributed by atoms with E-state index in [9.17, 15) is 14.7 Å². The Morgan fingerprint density at radius 2 is 1.81 bits per heavy atom. The largest absolute Gasteiger partial charge is 0.505 e. The monoisotopic (exact) mass is 565 g/mol. The Kier molecular flexibility index (Phi) is 6.51. The number of methoxy groups -OCH3 is 2. The van der Waals surface area contributed by atoms with Crippen LogP contribution in [-0.2, 0) is 6.54 Å². The summed E-state index contributed by atoms with van der Waals surface area (Å²) in [7, 11) is 3.09. The van der Waals surface area contributed by atoms with Crippen molar-refractivity contribution in [1.82, 2.24) is 4.57 Å². The highest BCUT2D eigenvalue weighted by Crippen LogP contribution is 2.38. The first-order valence-corrected chi connectivity index (χ1v) is 12.5. The summed E-state index contributed by atoms with van der Waals surface area (Å²) in [6.45, 7) is 0.162. The lowest BCUT2D eigenvalue weighted by atomic mass is 10.1. The normalized spacial score (nSPS) is 11.2. The minimum Gasteiger partial charge on any atom is -0.505 e. The lowest BCUT2D eigenvalue weighted by Crippen LogP contribution is -2.23. The lowest BCUT2D eigenvalue weighted by molar-refractivity contribution is 0.408.